The number of carbonyl (C=O) groups is 2. The fourth-order valence-electron chi connectivity index (χ4n) is 2.38. The van der Waals surface area contributed by atoms with Gasteiger partial charge in [0.1, 0.15) is 16.9 Å². The molecular formula is C15H19N7O2S. The average Bonchev–Trinajstić information content (AvgIpc) is 3.27. The van der Waals surface area contributed by atoms with Gasteiger partial charge in [-0.15, -0.1) is 0 Å². The first-order chi connectivity index (χ1) is 11.9. The van der Waals surface area contributed by atoms with Gasteiger partial charge in [0.2, 0.25) is 5.91 Å². The van der Waals surface area contributed by atoms with Crippen LogP contribution in [0.4, 0.5) is 16.6 Å². The Morgan fingerprint density at radius 2 is 2.16 bits per heavy atom. The van der Waals surface area contributed by atoms with Crippen LogP contribution in [-0.2, 0) is 4.79 Å². The number of nitrogens with zero attached hydrogens (tertiary/aromatic N) is 3. The molecule has 0 aliphatic heterocycles. The molecule has 132 valence electrons. The summed E-state index contributed by atoms with van der Waals surface area (Å²) in [5, 5.41) is 6.70. The van der Waals surface area contributed by atoms with Crippen molar-refractivity contribution < 1.29 is 9.59 Å². The molecule has 2 aromatic heterocycles. The van der Waals surface area contributed by atoms with Gasteiger partial charge in [-0.25, -0.2) is 9.97 Å². The summed E-state index contributed by atoms with van der Waals surface area (Å²) in [5.41, 5.74) is 11.7. The average molecular weight is 361 g/mol. The van der Waals surface area contributed by atoms with E-state index in [0.29, 0.717) is 23.2 Å². The van der Waals surface area contributed by atoms with E-state index >= 15 is 0 Å². The Kier molecular flexibility index (Phi) is 4.79. The van der Waals surface area contributed by atoms with Crippen molar-refractivity contribution in [3.63, 3.8) is 0 Å². The highest BCUT2D eigenvalue weighted by Gasteiger charge is 2.28. The molecular weight excluding hydrogens is 342 g/mol. The smallest absolute Gasteiger partial charge is 0.271 e. The van der Waals surface area contributed by atoms with Crippen LogP contribution < -0.4 is 22.1 Å². The van der Waals surface area contributed by atoms with Crippen molar-refractivity contribution in [2.75, 3.05) is 10.6 Å². The number of aryl methyl sites for hydroxylation is 1. The lowest BCUT2D eigenvalue weighted by atomic mass is 10.1. The van der Waals surface area contributed by atoms with Crippen molar-refractivity contribution in [3.05, 3.63) is 23.7 Å². The van der Waals surface area contributed by atoms with Gasteiger partial charge in [-0.05, 0) is 36.9 Å². The highest BCUT2D eigenvalue weighted by atomic mass is 32.1. The van der Waals surface area contributed by atoms with E-state index in [1.54, 1.807) is 0 Å². The zero-order valence-electron chi connectivity index (χ0n) is 13.7. The molecule has 1 atom stereocenters. The maximum atomic E-state index is 11.6. The molecule has 0 saturated heterocycles. The third kappa shape index (κ3) is 4.41. The van der Waals surface area contributed by atoms with Gasteiger partial charge in [0.15, 0.2) is 11.5 Å². The predicted molar refractivity (Wildman–Crippen MR) is 94.6 cm³/mol. The third-order valence-corrected chi connectivity index (χ3v) is 4.60. The van der Waals surface area contributed by atoms with Crippen LogP contribution in [0.25, 0.3) is 0 Å². The molecule has 0 aromatic carbocycles. The first kappa shape index (κ1) is 17.1. The molecule has 0 radical (unpaired) electrons. The van der Waals surface area contributed by atoms with Crippen LogP contribution in [0.3, 0.4) is 0 Å². The van der Waals surface area contributed by atoms with E-state index in [-0.39, 0.29) is 11.5 Å². The van der Waals surface area contributed by atoms with E-state index in [9.17, 15) is 9.59 Å². The molecule has 1 aliphatic carbocycles. The molecule has 1 saturated carbocycles. The molecule has 1 aliphatic rings. The molecule has 0 unspecified atom stereocenters. The van der Waals surface area contributed by atoms with Gasteiger partial charge < -0.3 is 22.1 Å². The maximum absolute atomic E-state index is 11.6. The molecule has 3 rings (SSSR count). The maximum Gasteiger partial charge on any atom is 0.271 e. The van der Waals surface area contributed by atoms with Crippen LogP contribution in [0.15, 0.2) is 12.3 Å². The van der Waals surface area contributed by atoms with Gasteiger partial charge in [-0.2, -0.15) is 4.37 Å². The summed E-state index contributed by atoms with van der Waals surface area (Å²) in [5.74, 6) is -0.0814. The largest absolute Gasteiger partial charge is 0.368 e. The number of nitrogens with one attached hydrogen (secondary N) is 2. The number of hydrogen-bond donors (Lipinski definition) is 4. The van der Waals surface area contributed by atoms with Crippen LogP contribution in [-0.4, -0.2) is 32.2 Å². The van der Waals surface area contributed by atoms with Crippen molar-refractivity contribution in [2.45, 2.75) is 32.2 Å². The Bertz CT molecular complexity index is 803. The number of aromatic nitrogens is 3. The van der Waals surface area contributed by atoms with Gasteiger partial charge >= 0.3 is 0 Å². The first-order valence-corrected chi connectivity index (χ1v) is 8.62. The molecule has 0 spiro atoms. The molecule has 2 aromatic rings. The van der Waals surface area contributed by atoms with E-state index in [2.05, 4.69) is 25.0 Å². The number of carbonyl (C=O) groups excluding carboxylic acids is 2. The van der Waals surface area contributed by atoms with Crippen LogP contribution in [0.1, 0.15) is 35.4 Å². The highest BCUT2D eigenvalue weighted by molar-refractivity contribution is 7.10. The van der Waals surface area contributed by atoms with Crippen molar-refractivity contribution in [2.24, 2.45) is 17.4 Å². The fraction of sp³-hybridized carbons (Fsp3) is 0.400. The van der Waals surface area contributed by atoms with Crippen molar-refractivity contribution in [1.82, 2.24) is 14.3 Å². The summed E-state index contributed by atoms with van der Waals surface area (Å²) in [7, 11) is 0. The Morgan fingerprint density at radius 1 is 1.40 bits per heavy atom. The van der Waals surface area contributed by atoms with Gasteiger partial charge in [0.05, 0.1) is 11.9 Å². The second kappa shape index (κ2) is 7.01. The molecule has 0 bridgehead atoms. The number of primary amides is 2. The summed E-state index contributed by atoms with van der Waals surface area (Å²) >= 11 is 1.23. The quantitative estimate of drug-likeness (QED) is 0.551. The predicted octanol–water partition coefficient (Wildman–Crippen LogP) is 1.15. The van der Waals surface area contributed by atoms with E-state index < -0.39 is 17.9 Å². The van der Waals surface area contributed by atoms with E-state index in [1.807, 2.05) is 13.0 Å². The lowest BCUT2D eigenvalue weighted by molar-refractivity contribution is -0.118. The number of amides is 2. The number of anilines is 3. The SMILES string of the molecule is Cc1cc(Nc2nc(N[C@H](CC3CC3)C(N)=O)cnc2C(N)=O)sn1. The second-order valence-electron chi connectivity index (χ2n) is 6.05. The zero-order chi connectivity index (χ0) is 18.0. The zero-order valence-corrected chi connectivity index (χ0v) is 14.5. The fourth-order valence-corrected chi connectivity index (χ4v) is 3.04. The van der Waals surface area contributed by atoms with Gasteiger partial charge in [0, 0.05) is 0 Å². The molecule has 10 heteroatoms. The van der Waals surface area contributed by atoms with Crippen molar-refractivity contribution in [1.29, 1.82) is 0 Å². The second-order valence-corrected chi connectivity index (χ2v) is 6.86. The Labute approximate surface area is 148 Å². The summed E-state index contributed by atoms with van der Waals surface area (Å²) in [6.45, 7) is 1.86. The minimum atomic E-state index is -0.702. The van der Waals surface area contributed by atoms with Gasteiger partial charge in [0.25, 0.3) is 5.91 Å². The molecule has 2 heterocycles. The van der Waals surface area contributed by atoms with E-state index in [1.165, 1.54) is 17.7 Å². The van der Waals surface area contributed by atoms with E-state index in [4.69, 9.17) is 11.5 Å². The van der Waals surface area contributed by atoms with Crippen LogP contribution in [0, 0.1) is 12.8 Å². The third-order valence-electron chi connectivity index (χ3n) is 3.81. The van der Waals surface area contributed by atoms with Crippen LogP contribution in [0.5, 0.6) is 0 Å². The minimum Gasteiger partial charge on any atom is -0.368 e. The first-order valence-electron chi connectivity index (χ1n) is 7.85. The molecule has 25 heavy (non-hydrogen) atoms. The molecule has 6 N–H and O–H groups in total. The lowest BCUT2D eigenvalue weighted by Crippen LogP contribution is -2.36. The highest BCUT2D eigenvalue weighted by Crippen LogP contribution is 2.34. The number of hydrogen-bond acceptors (Lipinski definition) is 8. The standard InChI is InChI=1S/C15H19N7O2S/c1-7-4-11(25-22-7)21-15-12(14(17)24)18-6-10(20-15)19-9(13(16)23)5-8-2-3-8/h4,6,8-9H,2-3,5H2,1H3,(H2,16,23)(H2,17,24)(H2,19,20,21)/t9-/m1/s1. The summed E-state index contributed by atoms with van der Waals surface area (Å²) in [6.07, 6.45) is 4.24. The number of rotatable bonds is 8. The summed E-state index contributed by atoms with van der Waals surface area (Å²) in [4.78, 5) is 31.6. The Morgan fingerprint density at radius 3 is 2.72 bits per heavy atom. The van der Waals surface area contributed by atoms with Gasteiger partial charge in [-0.1, -0.05) is 12.8 Å². The van der Waals surface area contributed by atoms with Crippen molar-refractivity contribution in [3.8, 4) is 0 Å². The number of nitrogens with two attached hydrogens (primary N) is 2. The van der Waals surface area contributed by atoms with Crippen LogP contribution >= 0.6 is 11.5 Å². The topological polar surface area (TPSA) is 149 Å². The Balaban J connectivity index is 1.83. The summed E-state index contributed by atoms with van der Waals surface area (Å²) in [6, 6.07) is 1.29. The normalized spacial score (nSPS) is 14.8. The Hall–Kier alpha value is -2.75. The molecule has 9 nitrogen and oxygen atoms in total. The summed E-state index contributed by atoms with van der Waals surface area (Å²) < 4.78 is 4.16. The minimum absolute atomic E-state index is 0.00872. The molecule has 1 fully saturated rings. The van der Waals surface area contributed by atoms with Gasteiger partial charge in [-0.3, -0.25) is 9.59 Å². The lowest BCUT2D eigenvalue weighted by Gasteiger charge is -2.16. The van der Waals surface area contributed by atoms with E-state index in [0.717, 1.165) is 18.5 Å². The monoisotopic (exact) mass is 361 g/mol. The van der Waals surface area contributed by atoms with Crippen molar-refractivity contribution >= 4 is 40.0 Å². The van der Waals surface area contributed by atoms with Crippen LogP contribution in [0.2, 0.25) is 0 Å². The molecule has 2 amide bonds.